The van der Waals surface area contributed by atoms with Gasteiger partial charge in [0.05, 0.1) is 24.1 Å². The molecular weight excluding hydrogens is 340 g/mol. The molecule has 0 N–H and O–H groups in total. The molecule has 0 aromatic carbocycles. The van der Waals surface area contributed by atoms with Crippen LogP contribution >= 0.6 is 11.3 Å². The van der Waals surface area contributed by atoms with Crippen LogP contribution in [-0.4, -0.2) is 30.0 Å². The van der Waals surface area contributed by atoms with E-state index in [1.165, 1.54) is 17.6 Å². The second-order valence-corrected chi connectivity index (χ2v) is 6.66. The molecule has 2 aromatic heterocycles. The van der Waals surface area contributed by atoms with Crippen LogP contribution < -0.4 is 4.90 Å². The minimum atomic E-state index is -0.399. The molecule has 7 heteroatoms. The zero-order valence-corrected chi connectivity index (χ0v) is 15.9. The Morgan fingerprint density at radius 3 is 2.64 bits per heavy atom. The Morgan fingerprint density at radius 1 is 1.28 bits per heavy atom. The number of anilines is 1. The quantitative estimate of drug-likeness (QED) is 0.514. The van der Waals surface area contributed by atoms with Crippen molar-refractivity contribution in [3.8, 4) is 0 Å². The third-order valence-corrected chi connectivity index (χ3v) is 4.96. The Morgan fingerprint density at radius 2 is 2.04 bits per heavy atom. The summed E-state index contributed by atoms with van der Waals surface area (Å²) in [7, 11) is 0. The van der Waals surface area contributed by atoms with Crippen molar-refractivity contribution in [2.75, 3.05) is 18.1 Å². The molecule has 136 valence electrons. The fraction of sp³-hybridized carbons (Fsp3) is 0.500. The number of unbranched alkanes of at least 4 members (excludes halogenated alkanes) is 2. The largest absolute Gasteiger partial charge is 0.469 e. The highest BCUT2D eigenvalue weighted by Gasteiger charge is 2.26. The van der Waals surface area contributed by atoms with Crippen LogP contribution in [0.2, 0.25) is 0 Å². The van der Waals surface area contributed by atoms with Crippen molar-refractivity contribution in [2.45, 2.75) is 47.0 Å². The number of amides is 1. The fourth-order valence-corrected chi connectivity index (χ4v) is 3.43. The maximum atomic E-state index is 13.0. The van der Waals surface area contributed by atoms with Gasteiger partial charge in [-0.2, -0.15) is 0 Å². The molecule has 2 heterocycles. The summed E-state index contributed by atoms with van der Waals surface area (Å²) in [5.41, 5.74) is 1.10. The summed E-state index contributed by atoms with van der Waals surface area (Å²) in [5, 5.41) is 0.516. The van der Waals surface area contributed by atoms with Gasteiger partial charge in [-0.3, -0.25) is 9.69 Å². The lowest BCUT2D eigenvalue weighted by Gasteiger charge is -2.19. The number of esters is 1. The van der Waals surface area contributed by atoms with E-state index < -0.39 is 5.97 Å². The first-order valence-corrected chi connectivity index (χ1v) is 9.31. The van der Waals surface area contributed by atoms with Crippen molar-refractivity contribution in [3.05, 3.63) is 34.2 Å². The molecule has 2 rings (SSSR count). The molecule has 0 saturated heterocycles. The number of nitrogens with zero attached hydrogens (tertiary/aromatic N) is 2. The van der Waals surface area contributed by atoms with Crippen LogP contribution in [0.5, 0.6) is 0 Å². The maximum Gasteiger partial charge on any atom is 0.350 e. The lowest BCUT2D eigenvalue weighted by molar-refractivity contribution is 0.0531. The molecule has 0 unspecified atom stereocenters. The van der Waals surface area contributed by atoms with Gasteiger partial charge in [0.1, 0.15) is 10.6 Å². The molecule has 1 amide bonds. The van der Waals surface area contributed by atoms with Gasteiger partial charge >= 0.3 is 5.97 Å². The molecule has 0 radical (unpaired) electrons. The van der Waals surface area contributed by atoms with E-state index in [0.717, 1.165) is 19.3 Å². The van der Waals surface area contributed by atoms with Crippen molar-refractivity contribution in [3.63, 3.8) is 0 Å². The molecule has 25 heavy (non-hydrogen) atoms. The second-order valence-electron chi connectivity index (χ2n) is 5.69. The number of hydrogen-bond donors (Lipinski definition) is 0. The number of aromatic nitrogens is 1. The highest BCUT2D eigenvalue weighted by Crippen LogP contribution is 2.29. The van der Waals surface area contributed by atoms with Crippen molar-refractivity contribution in [2.24, 2.45) is 0 Å². The summed E-state index contributed by atoms with van der Waals surface area (Å²) >= 11 is 1.19. The summed E-state index contributed by atoms with van der Waals surface area (Å²) in [5.74, 6) is 0.0140. The van der Waals surface area contributed by atoms with Crippen molar-refractivity contribution in [1.29, 1.82) is 0 Å². The molecule has 6 nitrogen and oxygen atoms in total. The Kier molecular flexibility index (Phi) is 6.75. The van der Waals surface area contributed by atoms with Crippen LogP contribution in [0.4, 0.5) is 5.13 Å². The van der Waals surface area contributed by atoms with Gasteiger partial charge in [0, 0.05) is 6.54 Å². The van der Waals surface area contributed by atoms with Crippen molar-refractivity contribution in [1.82, 2.24) is 4.98 Å². The predicted molar refractivity (Wildman–Crippen MR) is 97.5 cm³/mol. The predicted octanol–water partition coefficient (Wildman–Crippen LogP) is 4.37. The Balaban J connectivity index is 2.32. The third kappa shape index (κ3) is 4.48. The highest BCUT2D eigenvalue weighted by molar-refractivity contribution is 7.17. The number of carbonyl (C=O) groups is 2. The van der Waals surface area contributed by atoms with Gasteiger partial charge < -0.3 is 9.15 Å². The number of rotatable bonds is 8. The first kappa shape index (κ1) is 19.2. The Bertz CT molecular complexity index is 735. The number of furan rings is 1. The van der Waals surface area contributed by atoms with E-state index in [9.17, 15) is 9.59 Å². The number of hydrogen-bond acceptors (Lipinski definition) is 6. The van der Waals surface area contributed by atoms with E-state index in [2.05, 4.69) is 11.9 Å². The van der Waals surface area contributed by atoms with E-state index in [0.29, 0.717) is 40.2 Å². The van der Waals surface area contributed by atoms with Crippen LogP contribution in [0.25, 0.3) is 0 Å². The lowest BCUT2D eigenvalue weighted by Crippen LogP contribution is -2.32. The van der Waals surface area contributed by atoms with Crippen LogP contribution in [0.1, 0.15) is 64.6 Å². The topological polar surface area (TPSA) is 72.6 Å². The molecule has 2 aromatic rings. The summed E-state index contributed by atoms with van der Waals surface area (Å²) in [6.45, 7) is 8.24. The van der Waals surface area contributed by atoms with Crippen LogP contribution in [0.15, 0.2) is 16.7 Å². The van der Waals surface area contributed by atoms with Gasteiger partial charge in [0.25, 0.3) is 5.91 Å². The Labute approximate surface area is 151 Å². The fourth-order valence-electron chi connectivity index (χ4n) is 2.44. The number of thiazole rings is 1. The Hall–Kier alpha value is -2.15. The maximum absolute atomic E-state index is 13.0. The number of ether oxygens (including phenoxy) is 1. The summed E-state index contributed by atoms with van der Waals surface area (Å²) < 4.78 is 10.3. The van der Waals surface area contributed by atoms with Crippen molar-refractivity contribution >= 4 is 28.3 Å². The summed E-state index contributed by atoms with van der Waals surface area (Å²) in [6, 6.07) is 1.66. The lowest BCUT2D eigenvalue weighted by atomic mass is 10.2. The smallest absolute Gasteiger partial charge is 0.350 e. The van der Waals surface area contributed by atoms with E-state index in [1.807, 2.05) is 0 Å². The van der Waals surface area contributed by atoms with Gasteiger partial charge in [-0.15, -0.1) is 0 Å². The monoisotopic (exact) mass is 364 g/mol. The first-order chi connectivity index (χ1) is 12.0. The van der Waals surface area contributed by atoms with Gasteiger partial charge in [0.2, 0.25) is 0 Å². The highest BCUT2D eigenvalue weighted by atomic mass is 32.1. The zero-order chi connectivity index (χ0) is 18.4. The first-order valence-electron chi connectivity index (χ1n) is 8.50. The van der Waals surface area contributed by atoms with Gasteiger partial charge in [-0.25, -0.2) is 9.78 Å². The molecule has 0 bridgehead atoms. The van der Waals surface area contributed by atoms with Crippen LogP contribution in [-0.2, 0) is 4.74 Å². The van der Waals surface area contributed by atoms with E-state index in [-0.39, 0.29) is 5.91 Å². The average Bonchev–Trinajstić information content (AvgIpc) is 3.17. The molecular formula is C18H24N2O4S. The van der Waals surface area contributed by atoms with Gasteiger partial charge in [-0.05, 0) is 33.3 Å². The number of carbonyl (C=O) groups excluding carboxylic acids is 2. The van der Waals surface area contributed by atoms with Gasteiger partial charge in [-0.1, -0.05) is 31.1 Å². The molecule has 0 aliphatic rings. The minimum absolute atomic E-state index is 0.161. The standard InChI is InChI=1S/C18H24N2O4S/c1-5-7-8-10-20(16(21)14-9-11-24-13(14)4)18-19-12(3)15(25-18)17(22)23-6-2/h9,11H,5-8,10H2,1-4H3. The SMILES string of the molecule is CCCCCN(C(=O)c1ccoc1C)c1nc(C)c(C(=O)OCC)s1. The number of aryl methyl sites for hydroxylation is 2. The molecule has 0 aliphatic carbocycles. The van der Waals surface area contributed by atoms with Gasteiger partial charge in [0.15, 0.2) is 5.13 Å². The van der Waals surface area contributed by atoms with Crippen LogP contribution in [0.3, 0.4) is 0 Å². The molecule has 0 saturated carbocycles. The molecule has 0 atom stereocenters. The minimum Gasteiger partial charge on any atom is -0.469 e. The molecule has 0 spiro atoms. The molecule has 0 fully saturated rings. The van der Waals surface area contributed by atoms with E-state index in [4.69, 9.17) is 9.15 Å². The van der Waals surface area contributed by atoms with E-state index >= 15 is 0 Å². The van der Waals surface area contributed by atoms with E-state index in [1.54, 1.807) is 31.7 Å². The second kappa shape index (κ2) is 8.80. The summed E-state index contributed by atoms with van der Waals surface area (Å²) in [6.07, 6.45) is 4.44. The van der Waals surface area contributed by atoms with Crippen molar-refractivity contribution < 1.29 is 18.7 Å². The normalized spacial score (nSPS) is 10.7. The van der Waals surface area contributed by atoms with Crippen LogP contribution in [0, 0.1) is 13.8 Å². The molecule has 0 aliphatic heterocycles. The zero-order valence-electron chi connectivity index (χ0n) is 15.1. The average molecular weight is 364 g/mol. The third-order valence-electron chi connectivity index (χ3n) is 3.80. The summed E-state index contributed by atoms with van der Waals surface area (Å²) in [4.78, 5) is 31.5.